The molecule has 1 atom stereocenters. The first kappa shape index (κ1) is 23.0. The third-order valence-corrected chi connectivity index (χ3v) is 5.03. The van der Waals surface area contributed by atoms with Crippen LogP contribution in [0.3, 0.4) is 0 Å². The summed E-state index contributed by atoms with van der Waals surface area (Å²) in [5, 5.41) is 10.5. The first-order chi connectivity index (χ1) is 11.8. The van der Waals surface area contributed by atoms with Crippen LogP contribution in [-0.2, 0) is 4.74 Å². The van der Waals surface area contributed by atoms with Gasteiger partial charge in [0.05, 0.1) is 6.61 Å². The monoisotopic (exact) mass is 387 g/mol. The molecule has 0 aliphatic carbocycles. The average Bonchev–Trinajstić information content (AvgIpc) is 2.77. The minimum absolute atomic E-state index is 0. The van der Waals surface area contributed by atoms with E-state index in [9.17, 15) is 5.11 Å². The number of aliphatic hydroxyl groups excluding tert-OH is 1. The molecule has 1 aromatic carbocycles. The zero-order chi connectivity index (χ0) is 18.5. The molecule has 6 heteroatoms. The number of halogens is 1. The lowest BCUT2D eigenvalue weighted by atomic mass is 10.0. The van der Waals surface area contributed by atoms with Gasteiger partial charge in [-0.3, -0.25) is 4.90 Å². The van der Waals surface area contributed by atoms with Gasteiger partial charge < -0.3 is 19.3 Å². The number of β-amino-alcohol motifs (C(OH)–C–C–N with tert-alkyl or cyclic N) is 1. The lowest BCUT2D eigenvalue weighted by molar-refractivity contribution is 0.00482. The second kappa shape index (κ2) is 9.79. The highest BCUT2D eigenvalue weighted by Gasteiger charge is 2.44. The molecule has 0 amide bonds. The lowest BCUT2D eigenvalue weighted by Crippen LogP contribution is -2.52. The van der Waals surface area contributed by atoms with Gasteiger partial charge in [-0.2, -0.15) is 0 Å². The minimum atomic E-state index is -0.552. The van der Waals surface area contributed by atoms with Gasteiger partial charge in [0, 0.05) is 24.7 Å². The third-order valence-electron chi connectivity index (χ3n) is 5.03. The Morgan fingerprint density at radius 1 is 1.00 bits per heavy atom. The quantitative estimate of drug-likeness (QED) is 0.657. The van der Waals surface area contributed by atoms with Crippen LogP contribution in [-0.4, -0.2) is 60.7 Å². The fourth-order valence-corrected chi connectivity index (χ4v) is 3.57. The van der Waals surface area contributed by atoms with Crippen LogP contribution in [0.4, 0.5) is 0 Å². The van der Waals surface area contributed by atoms with Crippen molar-refractivity contribution in [2.24, 2.45) is 0 Å². The zero-order valence-corrected chi connectivity index (χ0v) is 17.5. The van der Waals surface area contributed by atoms with E-state index in [-0.39, 0.29) is 30.1 Å². The molecule has 2 rings (SSSR count). The Kier molecular flexibility index (Phi) is 8.67. The van der Waals surface area contributed by atoms with Crippen LogP contribution in [0.25, 0.3) is 0 Å². The molecule has 1 heterocycles. The second-order valence-electron chi connectivity index (χ2n) is 7.99. The molecule has 5 nitrogen and oxygen atoms in total. The summed E-state index contributed by atoms with van der Waals surface area (Å²) in [5.41, 5.74) is 0.206. The molecular formula is C20H34ClNO4. The largest absolute Gasteiger partial charge is 0.487 e. The summed E-state index contributed by atoms with van der Waals surface area (Å²) in [7, 11) is 1.64. The highest BCUT2D eigenvalue weighted by Crippen LogP contribution is 2.40. The Hall–Kier alpha value is -1.01. The molecule has 1 N–H and O–H groups in total. The zero-order valence-electron chi connectivity index (χ0n) is 16.7. The van der Waals surface area contributed by atoms with Gasteiger partial charge in [-0.1, -0.05) is 12.1 Å². The fraction of sp³-hybridized carbons (Fsp3) is 0.700. The van der Waals surface area contributed by atoms with Crippen molar-refractivity contribution in [2.45, 2.75) is 57.7 Å². The highest BCUT2D eigenvalue weighted by atomic mass is 35.5. The van der Waals surface area contributed by atoms with E-state index in [0.29, 0.717) is 31.3 Å². The van der Waals surface area contributed by atoms with Gasteiger partial charge >= 0.3 is 0 Å². The summed E-state index contributed by atoms with van der Waals surface area (Å²) in [5.74, 6) is 1.33. The van der Waals surface area contributed by atoms with Crippen molar-refractivity contribution in [3.05, 3.63) is 24.3 Å². The number of hydrogen-bond acceptors (Lipinski definition) is 5. The molecule has 0 bridgehead atoms. The molecule has 26 heavy (non-hydrogen) atoms. The van der Waals surface area contributed by atoms with E-state index in [4.69, 9.17) is 14.2 Å². The normalized spacial score (nSPS) is 19.6. The lowest BCUT2D eigenvalue weighted by Gasteiger charge is -2.41. The van der Waals surface area contributed by atoms with Crippen LogP contribution in [0.15, 0.2) is 24.3 Å². The van der Waals surface area contributed by atoms with Crippen LogP contribution in [0, 0.1) is 0 Å². The fourth-order valence-electron chi connectivity index (χ4n) is 3.57. The standard InChI is InChI=1S/C20H33NO4.ClH/c1-19(2)10-11-20(3,4)21(19)14-16(22)15-25-18-9-7-6-8-17(18)24-13-12-23-5;/h6-9,16,22H,10-15H2,1-5H3;1H. The van der Waals surface area contributed by atoms with E-state index in [1.54, 1.807) is 7.11 Å². The summed E-state index contributed by atoms with van der Waals surface area (Å²) < 4.78 is 16.5. The van der Waals surface area contributed by atoms with E-state index in [1.807, 2.05) is 24.3 Å². The summed E-state index contributed by atoms with van der Waals surface area (Å²) in [6.07, 6.45) is 1.73. The number of ether oxygens (including phenoxy) is 3. The van der Waals surface area contributed by atoms with Crippen molar-refractivity contribution in [1.29, 1.82) is 0 Å². The van der Waals surface area contributed by atoms with Crippen LogP contribution in [0.5, 0.6) is 11.5 Å². The van der Waals surface area contributed by atoms with E-state index >= 15 is 0 Å². The number of likely N-dealkylation sites (tertiary alicyclic amines) is 1. The number of rotatable bonds is 9. The van der Waals surface area contributed by atoms with E-state index in [1.165, 1.54) is 0 Å². The average molecular weight is 388 g/mol. The van der Waals surface area contributed by atoms with Crippen molar-refractivity contribution in [2.75, 3.05) is 33.5 Å². The van der Waals surface area contributed by atoms with Crippen molar-refractivity contribution in [1.82, 2.24) is 4.90 Å². The van der Waals surface area contributed by atoms with Gasteiger partial charge in [-0.05, 0) is 52.7 Å². The smallest absolute Gasteiger partial charge is 0.161 e. The summed E-state index contributed by atoms with van der Waals surface area (Å²) >= 11 is 0. The highest BCUT2D eigenvalue weighted by molar-refractivity contribution is 5.85. The van der Waals surface area contributed by atoms with Gasteiger partial charge in [0.1, 0.15) is 19.3 Å². The summed E-state index contributed by atoms with van der Waals surface area (Å²) in [6.45, 7) is 10.8. The maximum Gasteiger partial charge on any atom is 0.161 e. The summed E-state index contributed by atoms with van der Waals surface area (Å²) in [4.78, 5) is 2.40. The Bertz CT molecular complexity index is 534. The molecule has 1 aliphatic heterocycles. The molecule has 0 aromatic heterocycles. The van der Waals surface area contributed by atoms with Gasteiger partial charge in [0.2, 0.25) is 0 Å². The molecule has 0 spiro atoms. The molecule has 1 aliphatic rings. The molecule has 0 radical (unpaired) electrons. The van der Waals surface area contributed by atoms with Crippen molar-refractivity contribution in [3.63, 3.8) is 0 Å². The third kappa shape index (κ3) is 6.02. The summed E-state index contributed by atoms with van der Waals surface area (Å²) in [6, 6.07) is 7.53. The van der Waals surface area contributed by atoms with Crippen LogP contribution < -0.4 is 9.47 Å². The molecule has 150 valence electrons. The molecule has 1 saturated heterocycles. The van der Waals surface area contributed by atoms with Gasteiger partial charge in [0.25, 0.3) is 0 Å². The molecule has 1 aromatic rings. The number of aliphatic hydroxyl groups is 1. The maximum atomic E-state index is 10.5. The van der Waals surface area contributed by atoms with Crippen molar-refractivity contribution >= 4 is 12.4 Å². The van der Waals surface area contributed by atoms with E-state index < -0.39 is 6.10 Å². The molecule has 0 saturated carbocycles. The van der Waals surface area contributed by atoms with Gasteiger partial charge in [-0.15, -0.1) is 12.4 Å². The van der Waals surface area contributed by atoms with E-state index in [0.717, 1.165) is 12.8 Å². The van der Waals surface area contributed by atoms with Gasteiger partial charge in [-0.25, -0.2) is 0 Å². The Labute approximate surface area is 164 Å². The number of benzene rings is 1. The predicted octanol–water partition coefficient (Wildman–Crippen LogP) is 3.53. The number of para-hydroxylation sites is 2. The molecule has 1 fully saturated rings. The van der Waals surface area contributed by atoms with Gasteiger partial charge in [0.15, 0.2) is 11.5 Å². The number of hydrogen-bond donors (Lipinski definition) is 1. The molecular weight excluding hydrogens is 354 g/mol. The second-order valence-corrected chi connectivity index (χ2v) is 7.99. The Morgan fingerprint density at radius 3 is 2.08 bits per heavy atom. The van der Waals surface area contributed by atoms with E-state index in [2.05, 4.69) is 32.6 Å². The Morgan fingerprint density at radius 2 is 1.54 bits per heavy atom. The first-order valence-corrected chi connectivity index (χ1v) is 9.06. The van der Waals surface area contributed by atoms with Crippen molar-refractivity contribution in [3.8, 4) is 11.5 Å². The molecule has 1 unspecified atom stereocenters. The van der Waals surface area contributed by atoms with Crippen LogP contribution in [0.1, 0.15) is 40.5 Å². The van der Waals surface area contributed by atoms with Crippen LogP contribution in [0.2, 0.25) is 0 Å². The SMILES string of the molecule is COCCOc1ccccc1OCC(O)CN1C(C)(C)CCC1(C)C.Cl. The first-order valence-electron chi connectivity index (χ1n) is 9.06. The Balaban J connectivity index is 0.00000338. The van der Waals surface area contributed by atoms with Crippen LogP contribution >= 0.6 is 12.4 Å². The topological polar surface area (TPSA) is 51.2 Å². The number of nitrogens with zero attached hydrogens (tertiary/aromatic N) is 1. The number of methoxy groups -OCH3 is 1. The van der Waals surface area contributed by atoms with Crippen molar-refractivity contribution < 1.29 is 19.3 Å². The maximum absolute atomic E-state index is 10.5. The predicted molar refractivity (Wildman–Crippen MR) is 107 cm³/mol. The minimum Gasteiger partial charge on any atom is -0.487 e.